The highest BCUT2D eigenvalue weighted by Crippen LogP contribution is 2.32. The first-order valence-electron chi connectivity index (χ1n) is 10.7. The van der Waals surface area contributed by atoms with Crippen LogP contribution in [0.2, 0.25) is 0 Å². The van der Waals surface area contributed by atoms with Gasteiger partial charge < -0.3 is 14.5 Å². The summed E-state index contributed by atoms with van der Waals surface area (Å²) < 4.78 is 6.25. The molecule has 1 atom stereocenters. The smallest absolute Gasteiger partial charge is 0.253 e. The Morgan fingerprint density at radius 3 is 2.55 bits per heavy atom. The van der Waals surface area contributed by atoms with Gasteiger partial charge in [0.05, 0.1) is 12.2 Å². The molecule has 5 nitrogen and oxygen atoms in total. The van der Waals surface area contributed by atoms with Crippen molar-refractivity contribution >= 4 is 11.6 Å². The Morgan fingerprint density at radius 1 is 1.10 bits per heavy atom. The number of nitrogens with zero attached hydrogens (tertiary/aromatic N) is 3. The van der Waals surface area contributed by atoms with E-state index in [1.54, 1.807) is 0 Å². The van der Waals surface area contributed by atoms with Gasteiger partial charge in [0, 0.05) is 38.3 Å². The van der Waals surface area contributed by atoms with Gasteiger partial charge in [-0.25, -0.2) is 0 Å². The van der Waals surface area contributed by atoms with E-state index >= 15 is 0 Å². The third kappa shape index (κ3) is 4.56. The van der Waals surface area contributed by atoms with Crippen LogP contribution in [0.4, 0.5) is 5.69 Å². The van der Waals surface area contributed by atoms with Crippen LogP contribution in [0.15, 0.2) is 48.5 Å². The number of carbonyl (C=O) groups excluding carboxylic acids is 1. The Kier molecular flexibility index (Phi) is 6.05. The quantitative estimate of drug-likeness (QED) is 0.751. The Balaban J connectivity index is 1.34. The predicted molar refractivity (Wildman–Crippen MR) is 117 cm³/mol. The minimum Gasteiger partial charge on any atom is -0.485 e. The molecule has 1 unspecified atom stereocenters. The number of rotatable bonds is 6. The average Bonchev–Trinajstić information content (AvgIpc) is 3.28. The molecule has 1 amide bonds. The van der Waals surface area contributed by atoms with Crippen LogP contribution in [-0.4, -0.2) is 61.6 Å². The molecule has 0 spiro atoms. The van der Waals surface area contributed by atoms with Gasteiger partial charge in [0.1, 0.15) is 11.9 Å². The molecule has 0 N–H and O–H groups in total. The largest absolute Gasteiger partial charge is 0.485 e. The van der Waals surface area contributed by atoms with Crippen molar-refractivity contribution in [1.82, 2.24) is 9.80 Å². The number of anilines is 1. The summed E-state index contributed by atoms with van der Waals surface area (Å²) in [6.07, 6.45) is 2.39. The molecule has 4 rings (SSSR count). The second-order valence-electron chi connectivity index (χ2n) is 8.14. The van der Waals surface area contributed by atoms with Crippen LogP contribution in [0, 0.1) is 0 Å². The lowest BCUT2D eigenvalue weighted by Gasteiger charge is -2.37. The van der Waals surface area contributed by atoms with Gasteiger partial charge in [-0.3, -0.25) is 9.69 Å². The zero-order valence-corrected chi connectivity index (χ0v) is 17.5. The number of para-hydroxylation sites is 2. The van der Waals surface area contributed by atoms with Gasteiger partial charge in [-0.1, -0.05) is 24.3 Å². The number of hydrogen-bond donors (Lipinski definition) is 0. The molecule has 0 radical (unpaired) electrons. The van der Waals surface area contributed by atoms with Crippen LogP contribution in [-0.2, 0) is 6.54 Å². The molecule has 0 saturated carbocycles. The summed E-state index contributed by atoms with van der Waals surface area (Å²) in [5.74, 6) is 1.14. The molecular weight excluding hydrogens is 362 g/mol. The van der Waals surface area contributed by atoms with Crippen molar-refractivity contribution < 1.29 is 9.53 Å². The highest BCUT2D eigenvalue weighted by Gasteiger charge is 2.25. The van der Waals surface area contributed by atoms with Crippen LogP contribution < -0.4 is 9.64 Å². The van der Waals surface area contributed by atoms with E-state index in [1.165, 1.54) is 11.3 Å². The minimum atomic E-state index is 0.144. The summed E-state index contributed by atoms with van der Waals surface area (Å²) in [7, 11) is 2.13. The SMILES string of the molecule is CCN1CC(CN(C)Cc2ccc(C(=O)N3CCCC3)cc2)Oc2ccccc21. The second kappa shape index (κ2) is 8.87. The Bertz CT molecular complexity index is 830. The van der Waals surface area contributed by atoms with Gasteiger partial charge in [-0.15, -0.1) is 0 Å². The Labute approximate surface area is 173 Å². The van der Waals surface area contributed by atoms with Crippen LogP contribution in [0.25, 0.3) is 0 Å². The summed E-state index contributed by atoms with van der Waals surface area (Å²) in [4.78, 5) is 19.1. The molecule has 0 aromatic heterocycles. The fourth-order valence-electron chi connectivity index (χ4n) is 4.35. The molecule has 1 saturated heterocycles. The Morgan fingerprint density at radius 2 is 1.83 bits per heavy atom. The molecule has 0 aliphatic carbocycles. The van der Waals surface area contributed by atoms with Crippen LogP contribution in [0.5, 0.6) is 5.75 Å². The van der Waals surface area contributed by atoms with E-state index in [0.717, 1.165) is 63.4 Å². The number of fused-ring (bicyclic) bond motifs is 1. The van der Waals surface area contributed by atoms with Gasteiger partial charge in [0.15, 0.2) is 0 Å². The predicted octanol–water partition coefficient (Wildman–Crippen LogP) is 3.64. The van der Waals surface area contributed by atoms with Crippen LogP contribution >= 0.6 is 0 Å². The molecule has 29 heavy (non-hydrogen) atoms. The second-order valence-corrected chi connectivity index (χ2v) is 8.14. The molecule has 2 aliphatic heterocycles. The minimum absolute atomic E-state index is 0.144. The molecule has 2 aliphatic rings. The molecule has 5 heteroatoms. The normalized spacial score (nSPS) is 18.7. The number of benzene rings is 2. The molecule has 2 heterocycles. The van der Waals surface area contributed by atoms with Gasteiger partial charge >= 0.3 is 0 Å². The Hall–Kier alpha value is -2.53. The maximum atomic E-state index is 12.5. The van der Waals surface area contributed by atoms with Crippen LogP contribution in [0.3, 0.4) is 0 Å². The third-order valence-corrected chi connectivity index (χ3v) is 5.87. The molecule has 2 aromatic carbocycles. The van der Waals surface area contributed by atoms with Crippen molar-refractivity contribution in [3.63, 3.8) is 0 Å². The first-order chi connectivity index (χ1) is 14.1. The average molecular weight is 394 g/mol. The zero-order valence-electron chi connectivity index (χ0n) is 17.5. The standard InChI is InChI=1S/C24H31N3O2/c1-3-26-18-21(29-23-9-5-4-8-22(23)26)17-25(2)16-19-10-12-20(13-11-19)24(28)27-14-6-7-15-27/h4-5,8-13,21H,3,6-7,14-18H2,1-2H3. The maximum absolute atomic E-state index is 12.5. The first-order valence-corrected chi connectivity index (χ1v) is 10.7. The van der Waals surface area contributed by atoms with Gasteiger partial charge in [0.25, 0.3) is 5.91 Å². The first kappa shape index (κ1) is 19.8. The molecule has 1 fully saturated rings. The van der Waals surface area contributed by atoms with Crippen molar-refractivity contribution in [2.45, 2.75) is 32.4 Å². The molecule has 2 aromatic rings. The topological polar surface area (TPSA) is 36.0 Å². The van der Waals surface area contributed by atoms with E-state index in [9.17, 15) is 4.79 Å². The number of carbonyl (C=O) groups is 1. The lowest BCUT2D eigenvalue weighted by atomic mass is 10.1. The fourth-order valence-corrected chi connectivity index (χ4v) is 4.35. The van der Waals surface area contributed by atoms with E-state index in [4.69, 9.17) is 4.74 Å². The van der Waals surface area contributed by atoms with E-state index in [0.29, 0.717) is 0 Å². The lowest BCUT2D eigenvalue weighted by molar-refractivity contribution is 0.0793. The fraction of sp³-hybridized carbons (Fsp3) is 0.458. The molecule has 0 bridgehead atoms. The van der Waals surface area contributed by atoms with E-state index in [2.05, 4.69) is 54.1 Å². The highest BCUT2D eigenvalue weighted by atomic mass is 16.5. The molecular formula is C24H31N3O2. The van der Waals surface area contributed by atoms with Crippen molar-refractivity contribution in [3.05, 3.63) is 59.7 Å². The number of hydrogen-bond acceptors (Lipinski definition) is 4. The monoisotopic (exact) mass is 393 g/mol. The summed E-state index contributed by atoms with van der Waals surface area (Å²) in [6.45, 7) is 7.55. The van der Waals surface area contributed by atoms with E-state index in [-0.39, 0.29) is 12.0 Å². The van der Waals surface area contributed by atoms with Gasteiger partial charge in [0.2, 0.25) is 0 Å². The van der Waals surface area contributed by atoms with Crippen LogP contribution in [0.1, 0.15) is 35.7 Å². The number of amides is 1. The number of likely N-dealkylation sites (N-methyl/N-ethyl adjacent to an activating group) is 2. The van der Waals surface area contributed by atoms with Crippen molar-refractivity contribution in [1.29, 1.82) is 0 Å². The summed E-state index contributed by atoms with van der Waals surface area (Å²) >= 11 is 0. The van der Waals surface area contributed by atoms with E-state index in [1.807, 2.05) is 23.1 Å². The summed E-state index contributed by atoms with van der Waals surface area (Å²) in [5, 5.41) is 0. The maximum Gasteiger partial charge on any atom is 0.253 e. The van der Waals surface area contributed by atoms with Crippen molar-refractivity contribution in [2.24, 2.45) is 0 Å². The lowest BCUT2D eigenvalue weighted by Crippen LogP contribution is -2.45. The summed E-state index contributed by atoms with van der Waals surface area (Å²) in [6, 6.07) is 16.4. The van der Waals surface area contributed by atoms with Crippen molar-refractivity contribution in [2.75, 3.05) is 44.7 Å². The highest BCUT2D eigenvalue weighted by molar-refractivity contribution is 5.94. The van der Waals surface area contributed by atoms with Gasteiger partial charge in [-0.2, -0.15) is 0 Å². The number of likely N-dealkylation sites (tertiary alicyclic amines) is 1. The van der Waals surface area contributed by atoms with Gasteiger partial charge in [-0.05, 0) is 56.6 Å². The van der Waals surface area contributed by atoms with Crippen molar-refractivity contribution in [3.8, 4) is 5.75 Å². The number of ether oxygens (including phenoxy) is 1. The third-order valence-electron chi connectivity index (χ3n) is 5.87. The van der Waals surface area contributed by atoms with E-state index < -0.39 is 0 Å². The molecule has 154 valence electrons. The zero-order chi connectivity index (χ0) is 20.2. The summed E-state index contributed by atoms with van der Waals surface area (Å²) in [5.41, 5.74) is 3.20.